The van der Waals surface area contributed by atoms with Gasteiger partial charge in [0.15, 0.2) is 0 Å². The molecule has 1 atom stereocenters. The number of fused-ring (bicyclic) bond motifs is 1. The third kappa shape index (κ3) is 2.24. The Labute approximate surface area is 104 Å². The van der Waals surface area contributed by atoms with Gasteiger partial charge in [0.1, 0.15) is 0 Å². The Kier molecular flexibility index (Phi) is 3.17. The molecule has 1 N–H and O–H groups in total. The highest BCUT2D eigenvalue weighted by Crippen LogP contribution is 2.26. The lowest BCUT2D eigenvalue weighted by atomic mass is 9.91. The van der Waals surface area contributed by atoms with E-state index in [1.165, 1.54) is 44.5 Å². The molecule has 1 aromatic rings. The van der Waals surface area contributed by atoms with Crippen molar-refractivity contribution in [1.29, 1.82) is 0 Å². The maximum atomic E-state index is 3.69. The van der Waals surface area contributed by atoms with Gasteiger partial charge in [-0.3, -0.25) is 0 Å². The first-order valence-corrected chi connectivity index (χ1v) is 6.89. The van der Waals surface area contributed by atoms with Crippen molar-refractivity contribution in [2.24, 2.45) is 0 Å². The van der Waals surface area contributed by atoms with E-state index in [1.807, 2.05) is 0 Å². The van der Waals surface area contributed by atoms with E-state index in [9.17, 15) is 0 Å². The molecule has 2 aliphatic heterocycles. The molecule has 0 aliphatic carbocycles. The van der Waals surface area contributed by atoms with Crippen LogP contribution in [0.15, 0.2) is 18.2 Å². The van der Waals surface area contributed by atoms with Gasteiger partial charge in [-0.25, -0.2) is 0 Å². The molecule has 1 aromatic carbocycles. The van der Waals surface area contributed by atoms with Crippen LogP contribution in [0, 0.1) is 6.92 Å². The zero-order valence-electron chi connectivity index (χ0n) is 10.7. The highest BCUT2D eigenvalue weighted by atomic mass is 15.2. The highest BCUT2D eigenvalue weighted by Gasteiger charge is 2.23. The normalized spacial score (nSPS) is 24.9. The number of hydrogen-bond donors (Lipinski definition) is 1. The lowest BCUT2D eigenvalue weighted by Gasteiger charge is -2.31. The maximum Gasteiger partial charge on any atom is 0.0452 e. The first kappa shape index (κ1) is 11.2. The minimum Gasteiger partial charge on any atom is -0.309 e. The quantitative estimate of drug-likeness (QED) is 0.838. The molecule has 2 nitrogen and oxygen atoms in total. The average molecular weight is 230 g/mol. The van der Waals surface area contributed by atoms with Crippen molar-refractivity contribution in [2.75, 3.05) is 26.2 Å². The number of rotatable bonds is 2. The number of benzene rings is 1. The monoisotopic (exact) mass is 230 g/mol. The predicted octanol–water partition coefficient (Wildman–Crippen LogP) is 2.28. The molecule has 0 radical (unpaired) electrons. The van der Waals surface area contributed by atoms with Crippen molar-refractivity contribution in [3.8, 4) is 0 Å². The highest BCUT2D eigenvalue weighted by molar-refractivity contribution is 5.38. The molecule has 1 fully saturated rings. The number of hydrogen-bond acceptors (Lipinski definition) is 2. The number of nitrogens with zero attached hydrogens (tertiary/aromatic N) is 1. The van der Waals surface area contributed by atoms with E-state index in [1.54, 1.807) is 11.1 Å². The molecule has 2 aliphatic rings. The van der Waals surface area contributed by atoms with Gasteiger partial charge in [0.05, 0.1) is 0 Å². The Morgan fingerprint density at radius 3 is 2.94 bits per heavy atom. The largest absolute Gasteiger partial charge is 0.309 e. The Morgan fingerprint density at radius 2 is 2.12 bits per heavy atom. The minimum atomic E-state index is 0.553. The molecule has 17 heavy (non-hydrogen) atoms. The summed E-state index contributed by atoms with van der Waals surface area (Å²) < 4.78 is 0. The van der Waals surface area contributed by atoms with E-state index in [-0.39, 0.29) is 0 Å². The average Bonchev–Trinajstić information content (AvgIpc) is 2.83. The fourth-order valence-electron chi connectivity index (χ4n) is 3.26. The molecule has 1 saturated heterocycles. The van der Waals surface area contributed by atoms with Crippen LogP contribution in [-0.4, -0.2) is 31.1 Å². The van der Waals surface area contributed by atoms with Gasteiger partial charge in [-0.05, 0) is 62.5 Å². The van der Waals surface area contributed by atoms with Crippen molar-refractivity contribution < 1.29 is 0 Å². The van der Waals surface area contributed by atoms with Crippen LogP contribution in [0.3, 0.4) is 0 Å². The Hall–Kier alpha value is -0.860. The summed E-state index contributed by atoms with van der Waals surface area (Å²) >= 11 is 0. The SMILES string of the molecule is Cc1cccc2c1CCN[C@H]2CN1CCCC1. The van der Waals surface area contributed by atoms with Crippen LogP contribution >= 0.6 is 0 Å². The fraction of sp³-hybridized carbons (Fsp3) is 0.600. The van der Waals surface area contributed by atoms with Crippen LogP contribution in [0.1, 0.15) is 35.6 Å². The number of likely N-dealkylation sites (tertiary alicyclic amines) is 1. The third-order valence-electron chi connectivity index (χ3n) is 4.23. The third-order valence-corrected chi connectivity index (χ3v) is 4.23. The Balaban J connectivity index is 1.81. The van der Waals surface area contributed by atoms with Crippen molar-refractivity contribution in [2.45, 2.75) is 32.2 Å². The van der Waals surface area contributed by atoms with Gasteiger partial charge in [0.2, 0.25) is 0 Å². The molecule has 0 saturated carbocycles. The second-order valence-electron chi connectivity index (χ2n) is 5.41. The summed E-state index contributed by atoms with van der Waals surface area (Å²) in [6.07, 6.45) is 3.96. The van der Waals surface area contributed by atoms with E-state index in [4.69, 9.17) is 0 Å². The molecular formula is C15H22N2. The van der Waals surface area contributed by atoms with Crippen molar-refractivity contribution >= 4 is 0 Å². The number of nitrogens with one attached hydrogen (secondary N) is 1. The topological polar surface area (TPSA) is 15.3 Å². The second-order valence-corrected chi connectivity index (χ2v) is 5.41. The summed E-state index contributed by atoms with van der Waals surface area (Å²) in [5.74, 6) is 0. The number of aryl methyl sites for hydroxylation is 1. The zero-order valence-corrected chi connectivity index (χ0v) is 10.7. The van der Waals surface area contributed by atoms with Crippen LogP contribution in [0.4, 0.5) is 0 Å². The molecule has 0 aromatic heterocycles. The lowest BCUT2D eigenvalue weighted by molar-refractivity contribution is 0.287. The summed E-state index contributed by atoms with van der Waals surface area (Å²) in [6, 6.07) is 7.32. The molecule has 3 rings (SSSR count). The second kappa shape index (κ2) is 4.79. The Bertz CT molecular complexity index is 394. The van der Waals surface area contributed by atoms with Gasteiger partial charge in [0.25, 0.3) is 0 Å². The van der Waals surface area contributed by atoms with E-state index < -0.39 is 0 Å². The van der Waals surface area contributed by atoms with Gasteiger partial charge in [-0.15, -0.1) is 0 Å². The van der Waals surface area contributed by atoms with Gasteiger partial charge in [-0.1, -0.05) is 18.2 Å². The summed E-state index contributed by atoms with van der Waals surface area (Å²) in [6.45, 7) is 7.16. The smallest absolute Gasteiger partial charge is 0.0452 e. The summed E-state index contributed by atoms with van der Waals surface area (Å²) in [4.78, 5) is 2.61. The van der Waals surface area contributed by atoms with Crippen LogP contribution in [-0.2, 0) is 6.42 Å². The van der Waals surface area contributed by atoms with Gasteiger partial charge < -0.3 is 10.2 Å². The Morgan fingerprint density at radius 1 is 1.29 bits per heavy atom. The molecule has 2 heteroatoms. The van der Waals surface area contributed by atoms with E-state index in [2.05, 4.69) is 35.3 Å². The molecule has 92 valence electrons. The van der Waals surface area contributed by atoms with Gasteiger partial charge in [-0.2, -0.15) is 0 Å². The molecule has 0 unspecified atom stereocenters. The summed E-state index contributed by atoms with van der Waals surface area (Å²) in [5.41, 5.74) is 4.61. The van der Waals surface area contributed by atoms with Crippen LogP contribution in [0.25, 0.3) is 0 Å². The van der Waals surface area contributed by atoms with Gasteiger partial charge >= 0.3 is 0 Å². The van der Waals surface area contributed by atoms with Crippen LogP contribution in [0.5, 0.6) is 0 Å². The van der Waals surface area contributed by atoms with Crippen LogP contribution in [0.2, 0.25) is 0 Å². The molecule has 0 amide bonds. The lowest BCUT2D eigenvalue weighted by Crippen LogP contribution is -2.38. The predicted molar refractivity (Wildman–Crippen MR) is 71.3 cm³/mol. The molecule has 0 bridgehead atoms. The zero-order chi connectivity index (χ0) is 11.7. The summed E-state index contributed by atoms with van der Waals surface area (Å²) in [5, 5.41) is 3.69. The van der Waals surface area contributed by atoms with E-state index in [0.717, 1.165) is 6.54 Å². The first-order valence-electron chi connectivity index (χ1n) is 6.89. The molecule has 0 spiro atoms. The first-order chi connectivity index (χ1) is 8.34. The summed E-state index contributed by atoms with van der Waals surface area (Å²) in [7, 11) is 0. The molecular weight excluding hydrogens is 208 g/mol. The van der Waals surface area contributed by atoms with E-state index >= 15 is 0 Å². The van der Waals surface area contributed by atoms with Crippen LogP contribution < -0.4 is 5.32 Å². The van der Waals surface area contributed by atoms with E-state index in [0.29, 0.717) is 6.04 Å². The minimum absolute atomic E-state index is 0.553. The maximum absolute atomic E-state index is 3.69. The van der Waals surface area contributed by atoms with Crippen molar-refractivity contribution in [1.82, 2.24) is 10.2 Å². The molecule has 2 heterocycles. The fourth-order valence-corrected chi connectivity index (χ4v) is 3.26. The van der Waals surface area contributed by atoms with Crippen molar-refractivity contribution in [3.05, 3.63) is 34.9 Å². The van der Waals surface area contributed by atoms with Crippen molar-refractivity contribution in [3.63, 3.8) is 0 Å². The van der Waals surface area contributed by atoms with Gasteiger partial charge in [0, 0.05) is 12.6 Å². The standard InChI is InChI=1S/C15H22N2/c1-12-5-4-6-14-13(12)7-8-16-15(14)11-17-9-2-3-10-17/h4-6,15-16H,2-3,7-11H2,1H3/t15-/m0/s1.